The molecule has 1 aliphatic rings. The standard InChI is InChI=1S/C11H16BrNO2S/c1-8-3-13-4-10(15-8)5-14-6-11-2-9(12)7-16-11/h2,7-8,10,13H,3-6H2,1H3. The zero-order valence-electron chi connectivity index (χ0n) is 9.24. The molecule has 0 aromatic carbocycles. The summed E-state index contributed by atoms with van der Waals surface area (Å²) in [6.45, 7) is 5.24. The molecule has 16 heavy (non-hydrogen) atoms. The molecule has 3 nitrogen and oxygen atoms in total. The highest BCUT2D eigenvalue weighted by Crippen LogP contribution is 2.20. The van der Waals surface area contributed by atoms with E-state index in [1.807, 2.05) is 0 Å². The molecule has 2 rings (SSSR count). The lowest BCUT2D eigenvalue weighted by Gasteiger charge is -2.28. The first kappa shape index (κ1) is 12.5. The molecule has 0 saturated carbocycles. The molecule has 5 heteroatoms. The molecule has 0 amide bonds. The van der Waals surface area contributed by atoms with Crippen molar-refractivity contribution in [3.05, 3.63) is 20.8 Å². The van der Waals surface area contributed by atoms with E-state index in [-0.39, 0.29) is 6.10 Å². The van der Waals surface area contributed by atoms with Crippen LogP contribution in [0.3, 0.4) is 0 Å². The molecule has 1 N–H and O–H groups in total. The average molecular weight is 306 g/mol. The highest BCUT2D eigenvalue weighted by Gasteiger charge is 2.18. The van der Waals surface area contributed by atoms with Crippen molar-refractivity contribution >= 4 is 27.3 Å². The first-order chi connectivity index (χ1) is 7.74. The lowest BCUT2D eigenvalue weighted by molar-refractivity contribution is -0.0713. The van der Waals surface area contributed by atoms with Crippen LogP contribution in [0.4, 0.5) is 0 Å². The number of hydrogen-bond acceptors (Lipinski definition) is 4. The van der Waals surface area contributed by atoms with Crippen LogP contribution in [0.5, 0.6) is 0 Å². The second-order valence-electron chi connectivity index (χ2n) is 3.97. The van der Waals surface area contributed by atoms with Crippen LogP contribution < -0.4 is 5.32 Å². The van der Waals surface area contributed by atoms with E-state index in [0.29, 0.717) is 19.3 Å². The Hall–Kier alpha value is 0.0600. The first-order valence-corrected chi connectivity index (χ1v) is 7.08. The van der Waals surface area contributed by atoms with E-state index in [4.69, 9.17) is 9.47 Å². The van der Waals surface area contributed by atoms with Crippen molar-refractivity contribution in [2.75, 3.05) is 19.7 Å². The highest BCUT2D eigenvalue weighted by atomic mass is 79.9. The van der Waals surface area contributed by atoms with Gasteiger partial charge in [-0.1, -0.05) is 0 Å². The topological polar surface area (TPSA) is 30.5 Å². The molecule has 1 saturated heterocycles. The van der Waals surface area contributed by atoms with Crippen molar-refractivity contribution in [2.45, 2.75) is 25.7 Å². The lowest BCUT2D eigenvalue weighted by Crippen LogP contribution is -2.45. The Kier molecular flexibility index (Phi) is 4.79. The van der Waals surface area contributed by atoms with Crippen LogP contribution in [-0.2, 0) is 16.1 Å². The molecule has 1 fully saturated rings. The number of halogens is 1. The Bertz CT molecular complexity index is 332. The minimum atomic E-state index is 0.187. The molecule has 0 bridgehead atoms. The molecule has 90 valence electrons. The molecule has 2 atom stereocenters. The SMILES string of the molecule is CC1CNCC(COCc2cc(Br)cs2)O1. The maximum absolute atomic E-state index is 5.74. The van der Waals surface area contributed by atoms with Gasteiger partial charge in [-0.2, -0.15) is 0 Å². The molecule has 2 heterocycles. The van der Waals surface area contributed by atoms with Gasteiger partial charge in [0.25, 0.3) is 0 Å². The average Bonchev–Trinajstić information content (AvgIpc) is 2.64. The quantitative estimate of drug-likeness (QED) is 0.926. The molecule has 1 aromatic heterocycles. The van der Waals surface area contributed by atoms with Gasteiger partial charge in [0.1, 0.15) is 0 Å². The second kappa shape index (κ2) is 6.12. The highest BCUT2D eigenvalue weighted by molar-refractivity contribution is 9.10. The number of hydrogen-bond donors (Lipinski definition) is 1. The Labute approximate surface area is 108 Å². The van der Waals surface area contributed by atoms with Gasteiger partial charge in [-0.05, 0) is 28.9 Å². The fourth-order valence-electron chi connectivity index (χ4n) is 1.69. The van der Waals surface area contributed by atoms with Gasteiger partial charge in [-0.15, -0.1) is 11.3 Å². The molecule has 1 aliphatic heterocycles. The maximum Gasteiger partial charge on any atom is 0.0936 e. The largest absolute Gasteiger partial charge is 0.373 e. The smallest absolute Gasteiger partial charge is 0.0936 e. The molecule has 2 unspecified atom stereocenters. The fourth-order valence-corrected chi connectivity index (χ4v) is 3.08. The van der Waals surface area contributed by atoms with Crippen LogP contribution in [0, 0.1) is 0 Å². The van der Waals surface area contributed by atoms with Crippen LogP contribution in [0.2, 0.25) is 0 Å². The second-order valence-corrected chi connectivity index (χ2v) is 5.88. The number of morpholine rings is 1. The Balaban J connectivity index is 1.67. The van der Waals surface area contributed by atoms with Crippen molar-refractivity contribution < 1.29 is 9.47 Å². The molecule has 0 aliphatic carbocycles. The fraction of sp³-hybridized carbons (Fsp3) is 0.636. The summed E-state index contributed by atoms with van der Waals surface area (Å²) in [5.74, 6) is 0. The van der Waals surface area contributed by atoms with E-state index in [9.17, 15) is 0 Å². The number of thiophene rings is 1. The van der Waals surface area contributed by atoms with Gasteiger partial charge < -0.3 is 14.8 Å². The predicted octanol–water partition coefficient (Wildman–Crippen LogP) is 2.40. The van der Waals surface area contributed by atoms with Crippen molar-refractivity contribution in [1.29, 1.82) is 0 Å². The molecule has 0 spiro atoms. The van der Waals surface area contributed by atoms with Gasteiger partial charge in [-0.3, -0.25) is 0 Å². The molecule has 0 radical (unpaired) electrons. The summed E-state index contributed by atoms with van der Waals surface area (Å²) in [5.41, 5.74) is 0. The monoisotopic (exact) mass is 305 g/mol. The maximum atomic E-state index is 5.74. The first-order valence-electron chi connectivity index (χ1n) is 5.41. The number of rotatable bonds is 4. The van der Waals surface area contributed by atoms with Gasteiger partial charge in [0.15, 0.2) is 0 Å². The Morgan fingerprint density at radius 3 is 3.19 bits per heavy atom. The van der Waals surface area contributed by atoms with Crippen LogP contribution in [0.15, 0.2) is 15.9 Å². The zero-order chi connectivity index (χ0) is 11.4. The lowest BCUT2D eigenvalue weighted by atomic mass is 10.2. The zero-order valence-corrected chi connectivity index (χ0v) is 11.6. The summed E-state index contributed by atoms with van der Waals surface area (Å²) in [5, 5.41) is 5.40. The van der Waals surface area contributed by atoms with Gasteiger partial charge in [0, 0.05) is 27.8 Å². The number of nitrogens with one attached hydrogen (secondary N) is 1. The summed E-state index contributed by atoms with van der Waals surface area (Å²) in [4.78, 5) is 1.24. The van der Waals surface area contributed by atoms with E-state index < -0.39 is 0 Å². The Morgan fingerprint density at radius 1 is 1.62 bits per heavy atom. The third-order valence-electron chi connectivity index (χ3n) is 2.40. The summed E-state index contributed by atoms with van der Waals surface area (Å²) in [6, 6.07) is 2.09. The van der Waals surface area contributed by atoms with Gasteiger partial charge in [-0.25, -0.2) is 0 Å². The number of ether oxygens (including phenoxy) is 2. The molecule has 1 aromatic rings. The minimum Gasteiger partial charge on any atom is -0.373 e. The van der Waals surface area contributed by atoms with Crippen molar-refractivity contribution in [2.24, 2.45) is 0 Å². The van der Waals surface area contributed by atoms with E-state index in [1.165, 1.54) is 4.88 Å². The van der Waals surface area contributed by atoms with E-state index in [1.54, 1.807) is 11.3 Å². The van der Waals surface area contributed by atoms with E-state index in [0.717, 1.165) is 17.6 Å². The predicted molar refractivity (Wildman–Crippen MR) is 68.9 cm³/mol. The van der Waals surface area contributed by atoms with Crippen LogP contribution in [0.1, 0.15) is 11.8 Å². The third-order valence-corrected chi connectivity index (χ3v) is 4.07. The normalized spacial score (nSPS) is 25.9. The summed E-state index contributed by atoms with van der Waals surface area (Å²) in [6.07, 6.45) is 0.477. The van der Waals surface area contributed by atoms with Crippen LogP contribution in [0.25, 0.3) is 0 Å². The summed E-state index contributed by atoms with van der Waals surface area (Å²) >= 11 is 5.14. The summed E-state index contributed by atoms with van der Waals surface area (Å²) in [7, 11) is 0. The van der Waals surface area contributed by atoms with Crippen molar-refractivity contribution in [1.82, 2.24) is 5.32 Å². The van der Waals surface area contributed by atoms with Gasteiger partial charge in [0.05, 0.1) is 25.4 Å². The van der Waals surface area contributed by atoms with E-state index in [2.05, 4.69) is 39.6 Å². The van der Waals surface area contributed by atoms with Crippen LogP contribution >= 0.6 is 27.3 Å². The minimum absolute atomic E-state index is 0.187. The van der Waals surface area contributed by atoms with Gasteiger partial charge in [0.2, 0.25) is 0 Å². The van der Waals surface area contributed by atoms with Crippen molar-refractivity contribution in [3.63, 3.8) is 0 Å². The van der Waals surface area contributed by atoms with Crippen LogP contribution in [-0.4, -0.2) is 31.9 Å². The van der Waals surface area contributed by atoms with E-state index >= 15 is 0 Å². The summed E-state index contributed by atoms with van der Waals surface area (Å²) < 4.78 is 12.5. The van der Waals surface area contributed by atoms with Gasteiger partial charge >= 0.3 is 0 Å². The third kappa shape index (κ3) is 3.82. The molecular weight excluding hydrogens is 290 g/mol. The van der Waals surface area contributed by atoms with Crippen molar-refractivity contribution in [3.8, 4) is 0 Å². The Morgan fingerprint density at radius 2 is 2.50 bits per heavy atom. The molecular formula is C11H16BrNO2S.